The third kappa shape index (κ3) is 4.47. The van der Waals surface area contributed by atoms with E-state index in [1.54, 1.807) is 0 Å². The minimum Gasteiger partial charge on any atom is -0.308 e. The van der Waals surface area contributed by atoms with Crippen molar-refractivity contribution in [1.82, 2.24) is 4.57 Å². The predicted molar refractivity (Wildman–Crippen MR) is 167 cm³/mol. The molecule has 1 heterocycles. The average Bonchev–Trinajstić information content (AvgIpc) is 3.16. The molecule has 0 N–H and O–H groups in total. The number of nitrogens with zero attached hydrogens (tertiary/aromatic N) is 1. The second kappa shape index (κ2) is 8.87. The lowest BCUT2D eigenvalue weighted by molar-refractivity contribution is 0.569. The quantitative estimate of drug-likeness (QED) is 0.227. The van der Waals surface area contributed by atoms with Gasteiger partial charge >= 0.3 is 0 Å². The Labute approximate surface area is 229 Å². The number of para-hydroxylation sites is 2. The molecule has 0 saturated heterocycles. The fourth-order valence-corrected chi connectivity index (χ4v) is 5.83. The maximum atomic E-state index is 2.52. The zero-order valence-electron chi connectivity index (χ0n) is 25.0. The fraction of sp³-hybridized carbons (Fsp3) is 0.351. The maximum Gasteiger partial charge on any atom is 0.0619 e. The molecule has 0 amide bonds. The SMILES string of the molecule is Cc1c(-n2c3ccccc3c3cccc(-c4cc(C(C)(C)C)cc(C(C)(C)C)c4)c32)cccc1C(C)(C)C. The fourth-order valence-electron chi connectivity index (χ4n) is 5.83. The molecule has 1 aromatic heterocycles. The van der Waals surface area contributed by atoms with Crippen LogP contribution in [0.15, 0.2) is 78.9 Å². The van der Waals surface area contributed by atoms with Gasteiger partial charge < -0.3 is 4.57 Å². The summed E-state index contributed by atoms with van der Waals surface area (Å²) in [6.45, 7) is 23.1. The van der Waals surface area contributed by atoms with E-state index in [9.17, 15) is 0 Å². The van der Waals surface area contributed by atoms with Crippen molar-refractivity contribution < 1.29 is 0 Å². The summed E-state index contributed by atoms with van der Waals surface area (Å²) < 4.78 is 2.52. The van der Waals surface area contributed by atoms with Crippen LogP contribution in [-0.4, -0.2) is 4.57 Å². The Hall–Kier alpha value is -3.32. The number of hydrogen-bond acceptors (Lipinski definition) is 0. The van der Waals surface area contributed by atoms with E-state index >= 15 is 0 Å². The number of hydrogen-bond donors (Lipinski definition) is 0. The zero-order chi connectivity index (χ0) is 27.6. The molecule has 5 aromatic rings. The van der Waals surface area contributed by atoms with Crippen molar-refractivity contribution in [2.75, 3.05) is 0 Å². The Morgan fingerprint density at radius 3 is 1.74 bits per heavy atom. The van der Waals surface area contributed by atoms with Gasteiger partial charge in [-0.25, -0.2) is 0 Å². The lowest BCUT2D eigenvalue weighted by atomic mass is 9.79. The summed E-state index contributed by atoms with van der Waals surface area (Å²) in [6.07, 6.45) is 0. The molecule has 0 aliphatic heterocycles. The molecule has 0 saturated carbocycles. The molecule has 0 unspecified atom stereocenters. The Bertz CT molecular complexity index is 1620. The summed E-state index contributed by atoms with van der Waals surface area (Å²) in [5.41, 5.74) is 12.1. The van der Waals surface area contributed by atoms with Crippen molar-refractivity contribution in [3.8, 4) is 16.8 Å². The molecule has 0 atom stereocenters. The zero-order valence-corrected chi connectivity index (χ0v) is 25.0. The molecular weight excluding hydrogens is 458 g/mol. The molecule has 1 nitrogen and oxygen atoms in total. The molecule has 5 rings (SSSR count). The van der Waals surface area contributed by atoms with Crippen LogP contribution in [0.2, 0.25) is 0 Å². The second-order valence-electron chi connectivity index (χ2n) is 14.1. The number of benzene rings is 4. The van der Waals surface area contributed by atoms with E-state index in [0.29, 0.717) is 0 Å². The van der Waals surface area contributed by atoms with Crippen LogP contribution in [0.4, 0.5) is 0 Å². The van der Waals surface area contributed by atoms with E-state index in [1.807, 2.05) is 0 Å². The van der Waals surface area contributed by atoms with Crippen molar-refractivity contribution in [3.05, 3.63) is 101 Å². The highest BCUT2D eigenvalue weighted by atomic mass is 15.0. The van der Waals surface area contributed by atoms with Crippen LogP contribution in [0.5, 0.6) is 0 Å². The topological polar surface area (TPSA) is 4.93 Å². The van der Waals surface area contributed by atoms with Gasteiger partial charge in [-0.2, -0.15) is 0 Å². The van der Waals surface area contributed by atoms with E-state index < -0.39 is 0 Å². The van der Waals surface area contributed by atoms with Gasteiger partial charge in [-0.1, -0.05) is 129 Å². The van der Waals surface area contributed by atoms with Crippen LogP contribution >= 0.6 is 0 Å². The van der Waals surface area contributed by atoms with Crippen molar-refractivity contribution >= 4 is 21.8 Å². The first-order valence-electron chi connectivity index (χ1n) is 14.0. The van der Waals surface area contributed by atoms with Gasteiger partial charge in [-0.05, 0) is 63.1 Å². The first kappa shape index (κ1) is 26.3. The van der Waals surface area contributed by atoms with Gasteiger partial charge in [0.05, 0.1) is 11.0 Å². The first-order valence-corrected chi connectivity index (χ1v) is 14.0. The maximum absolute atomic E-state index is 2.52. The number of aromatic nitrogens is 1. The highest BCUT2D eigenvalue weighted by Crippen LogP contribution is 2.42. The van der Waals surface area contributed by atoms with E-state index in [0.717, 1.165) is 0 Å². The van der Waals surface area contributed by atoms with Crippen molar-refractivity contribution in [2.45, 2.75) is 85.5 Å². The van der Waals surface area contributed by atoms with Gasteiger partial charge in [0.25, 0.3) is 0 Å². The van der Waals surface area contributed by atoms with Crippen LogP contribution in [0, 0.1) is 6.92 Å². The van der Waals surface area contributed by atoms with Gasteiger partial charge in [0.2, 0.25) is 0 Å². The molecule has 196 valence electrons. The standard InChI is InChI=1S/C37H43N/c1-24-31(37(8,9)10)18-14-20-32(24)38-33-19-12-11-15-29(33)30-17-13-16-28(34(30)38)25-21-26(35(2,3)4)23-27(22-25)36(5,6)7/h11-23H,1-10H3. The third-order valence-electron chi connectivity index (χ3n) is 8.02. The normalized spacial score (nSPS) is 13.0. The van der Waals surface area contributed by atoms with E-state index in [4.69, 9.17) is 0 Å². The lowest BCUT2D eigenvalue weighted by Crippen LogP contribution is -2.16. The van der Waals surface area contributed by atoms with E-state index in [-0.39, 0.29) is 16.2 Å². The minimum absolute atomic E-state index is 0.0637. The van der Waals surface area contributed by atoms with Crippen LogP contribution < -0.4 is 0 Å². The molecule has 0 aliphatic rings. The third-order valence-corrected chi connectivity index (χ3v) is 8.02. The second-order valence-corrected chi connectivity index (χ2v) is 14.1. The molecule has 0 bridgehead atoms. The largest absolute Gasteiger partial charge is 0.308 e. The summed E-state index contributed by atoms with van der Waals surface area (Å²) in [6, 6.07) is 29.8. The van der Waals surface area contributed by atoms with Crippen molar-refractivity contribution in [2.24, 2.45) is 0 Å². The summed E-state index contributed by atoms with van der Waals surface area (Å²) in [5, 5.41) is 2.60. The van der Waals surface area contributed by atoms with Gasteiger partial charge in [-0.3, -0.25) is 0 Å². The molecular formula is C37H43N. The van der Waals surface area contributed by atoms with E-state index in [1.165, 1.54) is 60.9 Å². The minimum atomic E-state index is 0.0637. The van der Waals surface area contributed by atoms with Crippen LogP contribution in [0.3, 0.4) is 0 Å². The van der Waals surface area contributed by atoms with Gasteiger partial charge in [0, 0.05) is 22.0 Å². The Kier molecular flexibility index (Phi) is 6.14. The molecule has 0 radical (unpaired) electrons. The smallest absolute Gasteiger partial charge is 0.0619 e. The highest BCUT2D eigenvalue weighted by Gasteiger charge is 2.24. The number of fused-ring (bicyclic) bond motifs is 3. The predicted octanol–water partition coefficient (Wildman–Crippen LogP) is 10.7. The van der Waals surface area contributed by atoms with Crippen molar-refractivity contribution in [1.29, 1.82) is 0 Å². The molecule has 0 aliphatic carbocycles. The van der Waals surface area contributed by atoms with Gasteiger partial charge in [-0.15, -0.1) is 0 Å². The van der Waals surface area contributed by atoms with Gasteiger partial charge in [0.1, 0.15) is 0 Å². The monoisotopic (exact) mass is 501 g/mol. The first-order chi connectivity index (χ1) is 17.7. The van der Waals surface area contributed by atoms with Gasteiger partial charge in [0.15, 0.2) is 0 Å². The Balaban J connectivity index is 1.94. The summed E-state index contributed by atoms with van der Waals surface area (Å²) in [7, 11) is 0. The Morgan fingerprint density at radius 2 is 1.13 bits per heavy atom. The molecule has 38 heavy (non-hydrogen) atoms. The van der Waals surface area contributed by atoms with Crippen LogP contribution in [0.1, 0.15) is 84.6 Å². The lowest BCUT2D eigenvalue weighted by Gasteiger charge is -2.27. The average molecular weight is 502 g/mol. The molecule has 1 heteroatoms. The van der Waals surface area contributed by atoms with Crippen LogP contribution in [-0.2, 0) is 16.2 Å². The highest BCUT2D eigenvalue weighted by molar-refractivity contribution is 6.13. The van der Waals surface area contributed by atoms with Crippen molar-refractivity contribution in [3.63, 3.8) is 0 Å². The molecule has 0 spiro atoms. The summed E-state index contributed by atoms with van der Waals surface area (Å²) >= 11 is 0. The van der Waals surface area contributed by atoms with Crippen LogP contribution in [0.25, 0.3) is 38.6 Å². The number of rotatable bonds is 2. The molecule has 4 aromatic carbocycles. The molecule has 0 fully saturated rings. The summed E-state index contributed by atoms with van der Waals surface area (Å²) in [4.78, 5) is 0. The summed E-state index contributed by atoms with van der Waals surface area (Å²) in [5.74, 6) is 0. The Morgan fingerprint density at radius 1 is 0.553 bits per heavy atom. The van der Waals surface area contributed by atoms with E-state index in [2.05, 4.69) is 153 Å².